The highest BCUT2D eigenvalue weighted by molar-refractivity contribution is 6.29. The number of morpholine rings is 1. The predicted octanol–water partition coefficient (Wildman–Crippen LogP) is 3.50. The van der Waals surface area contributed by atoms with E-state index in [0.29, 0.717) is 53.5 Å². The Morgan fingerprint density at radius 1 is 1.16 bits per heavy atom. The summed E-state index contributed by atoms with van der Waals surface area (Å²) in [5, 5.41) is 3.86. The number of hydrogen-bond acceptors (Lipinski definition) is 6. The van der Waals surface area contributed by atoms with Crippen molar-refractivity contribution in [3.63, 3.8) is 0 Å². The Hall–Kier alpha value is -2.82. The second-order valence-corrected chi connectivity index (χ2v) is 7.61. The van der Waals surface area contributed by atoms with Crippen LogP contribution in [0.1, 0.15) is 27.8 Å². The minimum Gasteiger partial charge on any atom is -0.379 e. The van der Waals surface area contributed by atoms with Crippen LogP contribution in [0.5, 0.6) is 0 Å². The Morgan fingerprint density at radius 2 is 1.88 bits per heavy atom. The standard InChI is InChI=1S/C21H19ClF3N5O2/c22-18-5-4-14-15(2-1-3-16(14)29-18)19(31)26-12-17(30-6-8-32-9-7-30)13-10-27-20(28-11-13)21(23,24)25/h1-5,10-11,17H,6-9,12H2,(H,26,31). The number of ether oxygens (including phenoxy) is 1. The van der Waals surface area contributed by atoms with Crippen LogP contribution in [-0.4, -0.2) is 58.6 Å². The van der Waals surface area contributed by atoms with E-state index in [1.165, 1.54) is 0 Å². The number of nitrogens with zero attached hydrogens (tertiary/aromatic N) is 4. The lowest BCUT2D eigenvalue weighted by Crippen LogP contribution is -2.44. The fraction of sp³-hybridized carbons (Fsp3) is 0.333. The number of amides is 1. The monoisotopic (exact) mass is 465 g/mol. The normalized spacial score (nSPS) is 16.1. The molecule has 1 aliphatic rings. The van der Waals surface area contributed by atoms with E-state index in [-0.39, 0.29) is 12.5 Å². The summed E-state index contributed by atoms with van der Waals surface area (Å²) in [6.45, 7) is 2.27. The number of carbonyl (C=O) groups excluding carboxylic acids is 1. The molecular formula is C21H19ClF3N5O2. The minimum atomic E-state index is -4.62. The third-order valence-corrected chi connectivity index (χ3v) is 5.41. The molecule has 3 aromatic rings. The third kappa shape index (κ3) is 4.98. The Morgan fingerprint density at radius 3 is 2.56 bits per heavy atom. The molecule has 4 rings (SSSR count). The van der Waals surface area contributed by atoms with Crippen LogP contribution in [0.3, 0.4) is 0 Å². The van der Waals surface area contributed by atoms with Crippen molar-refractivity contribution >= 4 is 28.4 Å². The van der Waals surface area contributed by atoms with E-state index in [4.69, 9.17) is 16.3 Å². The molecule has 0 saturated carbocycles. The summed E-state index contributed by atoms with van der Waals surface area (Å²) in [5.74, 6) is -1.53. The lowest BCUT2D eigenvalue weighted by molar-refractivity contribution is -0.145. The van der Waals surface area contributed by atoms with Crippen molar-refractivity contribution in [2.24, 2.45) is 0 Å². The van der Waals surface area contributed by atoms with Gasteiger partial charge in [0.25, 0.3) is 5.91 Å². The van der Waals surface area contributed by atoms with E-state index < -0.39 is 18.0 Å². The highest BCUT2D eigenvalue weighted by Gasteiger charge is 2.35. The van der Waals surface area contributed by atoms with Gasteiger partial charge in [-0.25, -0.2) is 15.0 Å². The van der Waals surface area contributed by atoms with Crippen LogP contribution in [0.15, 0.2) is 42.7 Å². The predicted molar refractivity (Wildman–Crippen MR) is 111 cm³/mol. The number of fused-ring (bicyclic) bond motifs is 1. The van der Waals surface area contributed by atoms with Gasteiger partial charge in [0.2, 0.25) is 5.82 Å². The maximum Gasteiger partial charge on any atom is 0.451 e. The smallest absolute Gasteiger partial charge is 0.379 e. The van der Waals surface area contributed by atoms with Crippen LogP contribution >= 0.6 is 11.6 Å². The Balaban J connectivity index is 1.56. The summed E-state index contributed by atoms with van der Waals surface area (Å²) in [7, 11) is 0. The van der Waals surface area contributed by atoms with E-state index in [1.807, 2.05) is 4.90 Å². The third-order valence-electron chi connectivity index (χ3n) is 5.20. The number of carbonyl (C=O) groups is 1. The number of benzene rings is 1. The molecule has 1 amide bonds. The molecule has 0 aliphatic carbocycles. The van der Waals surface area contributed by atoms with Crippen LogP contribution in [0.25, 0.3) is 10.9 Å². The summed E-state index contributed by atoms with van der Waals surface area (Å²) in [4.78, 5) is 26.1. The zero-order valence-corrected chi connectivity index (χ0v) is 17.5. The van der Waals surface area contributed by atoms with Crippen LogP contribution in [0.4, 0.5) is 13.2 Å². The van der Waals surface area contributed by atoms with E-state index in [0.717, 1.165) is 12.4 Å². The van der Waals surface area contributed by atoms with Gasteiger partial charge in [-0.2, -0.15) is 13.2 Å². The average molecular weight is 466 g/mol. The van der Waals surface area contributed by atoms with Gasteiger partial charge in [0.15, 0.2) is 0 Å². The fourth-order valence-corrected chi connectivity index (χ4v) is 3.77. The topological polar surface area (TPSA) is 80.2 Å². The number of alkyl halides is 3. The van der Waals surface area contributed by atoms with Gasteiger partial charge in [-0.3, -0.25) is 9.69 Å². The molecule has 1 unspecified atom stereocenters. The fourth-order valence-electron chi connectivity index (χ4n) is 3.62. The van der Waals surface area contributed by atoms with Crippen LogP contribution in [0, 0.1) is 0 Å². The van der Waals surface area contributed by atoms with E-state index in [2.05, 4.69) is 20.3 Å². The first kappa shape index (κ1) is 22.4. The highest BCUT2D eigenvalue weighted by Crippen LogP contribution is 2.27. The van der Waals surface area contributed by atoms with Crippen molar-refractivity contribution in [3.8, 4) is 0 Å². The number of aromatic nitrogens is 3. The molecule has 168 valence electrons. The van der Waals surface area contributed by atoms with E-state index in [1.54, 1.807) is 30.3 Å². The quantitative estimate of drug-likeness (QED) is 0.581. The largest absolute Gasteiger partial charge is 0.451 e. The first-order chi connectivity index (χ1) is 15.3. The minimum absolute atomic E-state index is 0.158. The maximum atomic E-state index is 13.0. The molecule has 1 N–H and O–H groups in total. The molecule has 32 heavy (non-hydrogen) atoms. The number of halogens is 4. The van der Waals surface area contributed by atoms with Gasteiger partial charge in [-0.1, -0.05) is 17.7 Å². The molecule has 0 bridgehead atoms. The number of nitrogens with one attached hydrogen (secondary N) is 1. The summed E-state index contributed by atoms with van der Waals surface area (Å²) in [5.41, 5.74) is 1.49. The van der Waals surface area contributed by atoms with Gasteiger partial charge in [-0.15, -0.1) is 0 Å². The molecule has 2 aromatic heterocycles. The van der Waals surface area contributed by atoms with Crippen molar-refractivity contribution < 1.29 is 22.7 Å². The summed E-state index contributed by atoms with van der Waals surface area (Å²) in [6, 6.07) is 8.07. The molecule has 0 spiro atoms. The number of hydrogen-bond donors (Lipinski definition) is 1. The zero-order chi connectivity index (χ0) is 22.7. The first-order valence-corrected chi connectivity index (χ1v) is 10.2. The van der Waals surface area contributed by atoms with Crippen molar-refractivity contribution in [2.45, 2.75) is 12.2 Å². The van der Waals surface area contributed by atoms with E-state index >= 15 is 0 Å². The van der Waals surface area contributed by atoms with Gasteiger partial charge in [0, 0.05) is 48.5 Å². The molecule has 3 heterocycles. The molecular weight excluding hydrogens is 447 g/mol. The Kier molecular flexibility index (Phi) is 6.54. The summed E-state index contributed by atoms with van der Waals surface area (Å²) >= 11 is 5.94. The Bertz CT molecular complexity index is 1100. The average Bonchev–Trinajstić information content (AvgIpc) is 2.79. The highest BCUT2D eigenvalue weighted by atomic mass is 35.5. The van der Waals surface area contributed by atoms with Crippen molar-refractivity contribution in [2.75, 3.05) is 32.8 Å². The van der Waals surface area contributed by atoms with Crippen LogP contribution in [0.2, 0.25) is 5.15 Å². The van der Waals surface area contributed by atoms with Crippen molar-refractivity contribution in [1.29, 1.82) is 0 Å². The maximum absolute atomic E-state index is 13.0. The molecule has 1 atom stereocenters. The van der Waals surface area contributed by atoms with Gasteiger partial charge in [-0.05, 0) is 24.3 Å². The van der Waals surface area contributed by atoms with Gasteiger partial charge in [0.1, 0.15) is 5.15 Å². The summed E-state index contributed by atoms with van der Waals surface area (Å²) < 4.78 is 43.9. The number of rotatable bonds is 5. The molecule has 1 aromatic carbocycles. The van der Waals surface area contributed by atoms with Crippen LogP contribution in [-0.2, 0) is 10.9 Å². The molecule has 7 nitrogen and oxygen atoms in total. The van der Waals surface area contributed by atoms with E-state index in [9.17, 15) is 18.0 Å². The Labute approximate surface area is 186 Å². The SMILES string of the molecule is O=C(NCC(c1cnc(C(F)(F)F)nc1)N1CCOCC1)c1cccc2nc(Cl)ccc12. The van der Waals surface area contributed by atoms with Gasteiger partial charge >= 0.3 is 6.18 Å². The lowest BCUT2D eigenvalue weighted by atomic mass is 10.1. The number of pyridine rings is 1. The second-order valence-electron chi connectivity index (χ2n) is 7.22. The molecule has 1 fully saturated rings. The van der Waals surface area contributed by atoms with Crippen LogP contribution < -0.4 is 5.32 Å². The van der Waals surface area contributed by atoms with Crippen molar-refractivity contribution in [3.05, 3.63) is 64.8 Å². The van der Waals surface area contributed by atoms with Crippen molar-refractivity contribution in [1.82, 2.24) is 25.2 Å². The van der Waals surface area contributed by atoms with Gasteiger partial charge < -0.3 is 10.1 Å². The lowest BCUT2D eigenvalue weighted by Gasteiger charge is -2.34. The zero-order valence-electron chi connectivity index (χ0n) is 16.8. The summed E-state index contributed by atoms with van der Waals surface area (Å²) in [6.07, 6.45) is -2.30. The molecule has 1 aliphatic heterocycles. The second kappa shape index (κ2) is 9.35. The molecule has 1 saturated heterocycles. The first-order valence-electron chi connectivity index (χ1n) is 9.87. The molecule has 0 radical (unpaired) electrons. The van der Waals surface area contributed by atoms with Gasteiger partial charge in [0.05, 0.1) is 24.8 Å². The molecule has 11 heteroatoms.